The summed E-state index contributed by atoms with van der Waals surface area (Å²) in [5.74, 6) is 0.497. The first-order valence-electron chi connectivity index (χ1n) is 5.22. The zero-order chi connectivity index (χ0) is 11.5. The van der Waals surface area contributed by atoms with Crippen LogP contribution in [0.15, 0.2) is 24.3 Å². The minimum Gasteiger partial charge on any atom is -0.497 e. The molecule has 1 N–H and O–H groups in total. The van der Waals surface area contributed by atoms with E-state index in [2.05, 4.69) is 0 Å². The number of carbonyl (C=O) groups is 1. The number of hydrogen-bond donors (Lipinski definition) is 1. The van der Waals surface area contributed by atoms with Crippen molar-refractivity contribution in [1.29, 1.82) is 0 Å². The quantitative estimate of drug-likeness (QED) is 0.786. The topological polar surface area (TPSA) is 55.8 Å². The molecule has 1 saturated heterocycles. The lowest BCUT2D eigenvalue weighted by molar-refractivity contribution is -0.145. The Labute approximate surface area is 93.8 Å². The lowest BCUT2D eigenvalue weighted by atomic mass is 10.0. The fraction of sp³-hybridized carbons (Fsp3) is 0.417. The number of rotatable bonds is 3. The molecular formula is C12H14O4. The zero-order valence-corrected chi connectivity index (χ0v) is 9.05. The third kappa shape index (κ3) is 2.17. The van der Waals surface area contributed by atoms with Gasteiger partial charge in [-0.05, 0) is 24.1 Å². The van der Waals surface area contributed by atoms with Gasteiger partial charge in [0.15, 0.2) is 0 Å². The molecule has 16 heavy (non-hydrogen) atoms. The van der Waals surface area contributed by atoms with Gasteiger partial charge < -0.3 is 14.6 Å². The van der Waals surface area contributed by atoms with Crippen molar-refractivity contribution in [2.24, 2.45) is 0 Å². The van der Waals surface area contributed by atoms with Gasteiger partial charge in [0.1, 0.15) is 18.0 Å². The smallest absolute Gasteiger partial charge is 0.306 e. The summed E-state index contributed by atoms with van der Waals surface area (Å²) >= 11 is 0. The van der Waals surface area contributed by atoms with Crippen LogP contribution < -0.4 is 4.74 Å². The standard InChI is InChI=1S/C12H14O4/c1-15-9-4-2-8(3-5-9)12(14)10-6-7-11(13)16-10/h2-5,10,12,14H,6-7H2,1H3/t10-,12+/m0/s1. The van der Waals surface area contributed by atoms with Crippen molar-refractivity contribution in [2.75, 3.05) is 7.11 Å². The Hall–Kier alpha value is -1.55. The molecule has 1 aromatic rings. The predicted molar refractivity (Wildman–Crippen MR) is 57.1 cm³/mol. The largest absolute Gasteiger partial charge is 0.497 e. The fourth-order valence-electron chi connectivity index (χ4n) is 1.78. The fourth-order valence-corrected chi connectivity index (χ4v) is 1.78. The minimum atomic E-state index is -0.752. The normalized spacial score (nSPS) is 21.6. The second-order valence-corrected chi connectivity index (χ2v) is 3.78. The van der Waals surface area contributed by atoms with Gasteiger partial charge in [-0.1, -0.05) is 12.1 Å². The van der Waals surface area contributed by atoms with Crippen LogP contribution in [0.1, 0.15) is 24.5 Å². The van der Waals surface area contributed by atoms with Gasteiger partial charge in [0.05, 0.1) is 7.11 Å². The summed E-state index contributed by atoms with van der Waals surface area (Å²) in [6.07, 6.45) is -0.206. The van der Waals surface area contributed by atoms with Crippen molar-refractivity contribution >= 4 is 5.97 Å². The Balaban J connectivity index is 2.08. The summed E-state index contributed by atoms with van der Waals surface area (Å²) < 4.78 is 10.0. The Kier molecular flexibility index (Phi) is 3.10. The molecule has 4 nitrogen and oxygen atoms in total. The summed E-state index contributed by atoms with van der Waals surface area (Å²) in [5, 5.41) is 9.98. The molecule has 1 heterocycles. The Morgan fingerprint density at radius 2 is 2.12 bits per heavy atom. The molecule has 0 aliphatic carbocycles. The molecule has 0 radical (unpaired) electrons. The van der Waals surface area contributed by atoms with E-state index in [1.54, 1.807) is 31.4 Å². The molecule has 86 valence electrons. The van der Waals surface area contributed by atoms with E-state index >= 15 is 0 Å². The maximum atomic E-state index is 10.9. The van der Waals surface area contributed by atoms with E-state index in [4.69, 9.17) is 9.47 Å². The first-order valence-corrected chi connectivity index (χ1v) is 5.22. The molecule has 0 spiro atoms. The molecule has 1 aliphatic rings. The highest BCUT2D eigenvalue weighted by Crippen LogP contribution is 2.28. The van der Waals surface area contributed by atoms with Gasteiger partial charge in [-0.3, -0.25) is 4.79 Å². The Bertz CT molecular complexity index is 371. The van der Waals surface area contributed by atoms with E-state index in [0.717, 1.165) is 11.3 Å². The lowest BCUT2D eigenvalue weighted by Gasteiger charge is -2.17. The molecule has 1 aromatic carbocycles. The average molecular weight is 222 g/mol. The van der Waals surface area contributed by atoms with Crippen LogP contribution in [-0.2, 0) is 9.53 Å². The van der Waals surface area contributed by atoms with E-state index < -0.39 is 12.2 Å². The summed E-state index contributed by atoms with van der Waals surface area (Å²) in [7, 11) is 1.59. The van der Waals surface area contributed by atoms with E-state index in [1.165, 1.54) is 0 Å². The molecule has 1 fully saturated rings. The van der Waals surface area contributed by atoms with Gasteiger partial charge in [-0.2, -0.15) is 0 Å². The maximum Gasteiger partial charge on any atom is 0.306 e. The van der Waals surface area contributed by atoms with Crippen LogP contribution in [0.4, 0.5) is 0 Å². The number of aliphatic hydroxyl groups excluding tert-OH is 1. The highest BCUT2D eigenvalue weighted by Gasteiger charge is 2.30. The second kappa shape index (κ2) is 4.53. The number of aliphatic hydroxyl groups is 1. The van der Waals surface area contributed by atoms with Crippen LogP contribution >= 0.6 is 0 Å². The number of hydrogen-bond acceptors (Lipinski definition) is 4. The molecule has 0 amide bonds. The number of benzene rings is 1. The van der Waals surface area contributed by atoms with Crippen molar-refractivity contribution in [1.82, 2.24) is 0 Å². The van der Waals surface area contributed by atoms with Crippen molar-refractivity contribution in [3.05, 3.63) is 29.8 Å². The Morgan fingerprint density at radius 1 is 1.44 bits per heavy atom. The van der Waals surface area contributed by atoms with Crippen molar-refractivity contribution in [3.63, 3.8) is 0 Å². The first-order chi connectivity index (χ1) is 7.70. The van der Waals surface area contributed by atoms with Gasteiger partial charge in [0.2, 0.25) is 0 Å². The van der Waals surface area contributed by atoms with Crippen molar-refractivity contribution in [3.8, 4) is 5.75 Å². The predicted octanol–water partition coefficient (Wildman–Crippen LogP) is 1.43. The zero-order valence-electron chi connectivity index (χ0n) is 9.05. The van der Waals surface area contributed by atoms with Gasteiger partial charge in [0.25, 0.3) is 0 Å². The number of esters is 1. The van der Waals surface area contributed by atoms with Crippen molar-refractivity contribution in [2.45, 2.75) is 25.0 Å². The monoisotopic (exact) mass is 222 g/mol. The van der Waals surface area contributed by atoms with E-state index in [0.29, 0.717) is 12.8 Å². The minimum absolute atomic E-state index is 0.238. The number of carbonyl (C=O) groups excluding carboxylic acids is 1. The molecule has 0 unspecified atom stereocenters. The third-order valence-corrected chi connectivity index (χ3v) is 2.73. The van der Waals surface area contributed by atoms with E-state index in [9.17, 15) is 9.90 Å². The molecule has 1 aliphatic heterocycles. The molecule has 4 heteroatoms. The van der Waals surface area contributed by atoms with E-state index in [1.807, 2.05) is 0 Å². The van der Waals surface area contributed by atoms with Crippen molar-refractivity contribution < 1.29 is 19.4 Å². The highest BCUT2D eigenvalue weighted by atomic mass is 16.6. The third-order valence-electron chi connectivity index (χ3n) is 2.73. The highest BCUT2D eigenvalue weighted by molar-refractivity contribution is 5.71. The average Bonchev–Trinajstić information content (AvgIpc) is 2.75. The second-order valence-electron chi connectivity index (χ2n) is 3.78. The lowest BCUT2D eigenvalue weighted by Crippen LogP contribution is -2.17. The summed E-state index contributed by atoms with van der Waals surface area (Å²) in [5.41, 5.74) is 0.737. The van der Waals surface area contributed by atoms with Crippen LogP contribution in [0.3, 0.4) is 0 Å². The number of cyclic esters (lactones) is 1. The van der Waals surface area contributed by atoms with Crippen LogP contribution in [0.5, 0.6) is 5.75 Å². The molecule has 0 bridgehead atoms. The summed E-state index contributed by atoms with van der Waals surface area (Å²) in [4.78, 5) is 10.9. The molecule has 0 aromatic heterocycles. The van der Waals surface area contributed by atoms with Crippen LogP contribution in [-0.4, -0.2) is 24.3 Å². The van der Waals surface area contributed by atoms with Gasteiger partial charge >= 0.3 is 5.97 Å². The molecular weight excluding hydrogens is 208 g/mol. The molecule has 0 saturated carbocycles. The number of methoxy groups -OCH3 is 1. The first kappa shape index (κ1) is 11.0. The Morgan fingerprint density at radius 3 is 2.62 bits per heavy atom. The van der Waals surface area contributed by atoms with Crippen LogP contribution in [0.25, 0.3) is 0 Å². The summed E-state index contributed by atoms with van der Waals surface area (Å²) in [6, 6.07) is 7.09. The van der Waals surface area contributed by atoms with Gasteiger partial charge in [-0.15, -0.1) is 0 Å². The molecule has 2 atom stereocenters. The van der Waals surface area contributed by atoms with Gasteiger partial charge in [0, 0.05) is 6.42 Å². The van der Waals surface area contributed by atoms with Gasteiger partial charge in [-0.25, -0.2) is 0 Å². The number of ether oxygens (including phenoxy) is 2. The summed E-state index contributed by atoms with van der Waals surface area (Å²) in [6.45, 7) is 0. The molecule has 2 rings (SSSR count). The SMILES string of the molecule is COc1ccc([C@@H](O)[C@@H]2CCC(=O)O2)cc1. The van der Waals surface area contributed by atoms with E-state index in [-0.39, 0.29) is 5.97 Å². The maximum absolute atomic E-state index is 10.9. The van der Waals surface area contributed by atoms with Crippen LogP contribution in [0, 0.1) is 0 Å². The van der Waals surface area contributed by atoms with Crippen LogP contribution in [0.2, 0.25) is 0 Å².